The Morgan fingerprint density at radius 3 is 2.79 bits per heavy atom. The fraction of sp³-hybridized carbons (Fsp3) is 0.367. The van der Waals surface area contributed by atoms with Gasteiger partial charge in [0.1, 0.15) is 23.2 Å². The number of carbonyl (C=O) groups is 1. The lowest BCUT2D eigenvalue weighted by molar-refractivity contribution is -0.137. The number of aromatic nitrogens is 3. The van der Waals surface area contributed by atoms with Gasteiger partial charge in [-0.3, -0.25) is 9.69 Å². The first-order valence-electron chi connectivity index (χ1n) is 13.0. The Balaban J connectivity index is 1.51. The molecule has 0 bridgehead atoms. The van der Waals surface area contributed by atoms with Crippen LogP contribution in [0.1, 0.15) is 59.1 Å². The molecule has 8 heteroatoms. The summed E-state index contributed by atoms with van der Waals surface area (Å²) in [5.41, 5.74) is 7.27. The topological polar surface area (TPSA) is 80.5 Å². The average molecular weight is 517 g/mol. The van der Waals surface area contributed by atoms with E-state index in [4.69, 9.17) is 4.74 Å². The van der Waals surface area contributed by atoms with Crippen molar-refractivity contribution in [3.63, 3.8) is 0 Å². The number of aliphatic carboxylic acids is 1. The van der Waals surface area contributed by atoms with E-state index in [1.54, 1.807) is 10.7 Å². The second-order valence-corrected chi connectivity index (χ2v) is 10.2. The van der Waals surface area contributed by atoms with Gasteiger partial charge in [-0.25, -0.2) is 9.07 Å². The largest absolute Gasteiger partial charge is 0.489 e. The third-order valence-electron chi connectivity index (χ3n) is 7.67. The Hall–Kier alpha value is -3.78. The smallest absolute Gasteiger partial charge is 0.304 e. The minimum atomic E-state index is -0.863. The van der Waals surface area contributed by atoms with Crippen molar-refractivity contribution in [2.75, 3.05) is 6.54 Å². The first-order valence-corrected chi connectivity index (χ1v) is 13.0. The summed E-state index contributed by atoms with van der Waals surface area (Å²) in [6, 6.07) is 15.1. The summed E-state index contributed by atoms with van der Waals surface area (Å²) in [5, 5.41) is 18.3. The number of ether oxygens (including phenoxy) is 1. The van der Waals surface area contributed by atoms with Gasteiger partial charge in [0.15, 0.2) is 0 Å². The van der Waals surface area contributed by atoms with Gasteiger partial charge in [-0.2, -0.15) is 0 Å². The third kappa shape index (κ3) is 5.00. The van der Waals surface area contributed by atoms with Crippen molar-refractivity contribution in [2.24, 2.45) is 7.05 Å². The van der Waals surface area contributed by atoms with Crippen LogP contribution >= 0.6 is 0 Å². The molecule has 0 radical (unpaired) electrons. The van der Waals surface area contributed by atoms with Gasteiger partial charge in [0, 0.05) is 38.2 Å². The van der Waals surface area contributed by atoms with Crippen LogP contribution in [0.5, 0.6) is 5.75 Å². The first kappa shape index (κ1) is 25.9. The van der Waals surface area contributed by atoms with Crippen molar-refractivity contribution < 1.29 is 19.0 Å². The molecular weight excluding hydrogens is 483 g/mol. The summed E-state index contributed by atoms with van der Waals surface area (Å²) >= 11 is 0. The maximum atomic E-state index is 14.7. The third-order valence-corrected chi connectivity index (χ3v) is 7.67. The zero-order valence-corrected chi connectivity index (χ0v) is 22.2. The molecule has 2 heterocycles. The number of benzene rings is 3. The number of hydrogen-bond donors (Lipinski definition) is 1. The highest BCUT2D eigenvalue weighted by molar-refractivity contribution is 5.80. The van der Waals surface area contributed by atoms with E-state index in [2.05, 4.69) is 41.2 Å². The zero-order chi connectivity index (χ0) is 27.0. The van der Waals surface area contributed by atoms with Gasteiger partial charge in [0.05, 0.1) is 11.9 Å². The van der Waals surface area contributed by atoms with E-state index >= 15 is 0 Å². The normalized spacial score (nSPS) is 16.6. The van der Waals surface area contributed by atoms with Crippen LogP contribution in [0.2, 0.25) is 0 Å². The molecule has 1 N–H and O–H groups in total. The van der Waals surface area contributed by atoms with Crippen LogP contribution in [0.4, 0.5) is 4.39 Å². The lowest BCUT2D eigenvalue weighted by atomic mass is 9.84. The highest BCUT2D eigenvalue weighted by atomic mass is 19.1. The van der Waals surface area contributed by atoms with Gasteiger partial charge in [0.2, 0.25) is 0 Å². The van der Waals surface area contributed by atoms with Crippen LogP contribution in [0.3, 0.4) is 0 Å². The summed E-state index contributed by atoms with van der Waals surface area (Å²) in [4.78, 5) is 14.2. The van der Waals surface area contributed by atoms with Gasteiger partial charge in [0.25, 0.3) is 0 Å². The predicted octanol–water partition coefficient (Wildman–Crippen LogP) is 5.50. The van der Waals surface area contributed by atoms with Crippen LogP contribution in [0.25, 0.3) is 11.0 Å². The summed E-state index contributed by atoms with van der Waals surface area (Å²) in [6.07, 6.45) is 0.738. The van der Waals surface area contributed by atoms with E-state index in [1.807, 2.05) is 38.2 Å². The molecular formula is C30H33FN4O3. The van der Waals surface area contributed by atoms with Gasteiger partial charge in [-0.15, -0.1) is 5.10 Å². The number of hydrogen-bond acceptors (Lipinski definition) is 5. The molecule has 1 aromatic heterocycles. The lowest BCUT2D eigenvalue weighted by Crippen LogP contribution is -2.32. The van der Waals surface area contributed by atoms with E-state index < -0.39 is 5.97 Å². The number of carboxylic acids is 1. The van der Waals surface area contributed by atoms with E-state index in [0.717, 1.165) is 45.3 Å². The Labute approximate surface area is 221 Å². The monoisotopic (exact) mass is 516 g/mol. The number of rotatable bonds is 7. The van der Waals surface area contributed by atoms with Crippen LogP contribution in [-0.2, 0) is 24.9 Å². The predicted molar refractivity (Wildman–Crippen MR) is 144 cm³/mol. The minimum absolute atomic E-state index is 0.0385. The molecule has 1 aliphatic heterocycles. The van der Waals surface area contributed by atoms with Crippen molar-refractivity contribution >= 4 is 17.0 Å². The number of aryl methyl sites for hydroxylation is 3. The molecule has 4 aromatic rings. The van der Waals surface area contributed by atoms with Crippen LogP contribution in [0.15, 0.2) is 48.5 Å². The van der Waals surface area contributed by atoms with Gasteiger partial charge >= 0.3 is 5.97 Å². The summed E-state index contributed by atoms with van der Waals surface area (Å²) in [5.74, 6) is -0.849. The molecule has 38 heavy (non-hydrogen) atoms. The molecule has 1 unspecified atom stereocenters. The standard InChI is InChI=1S/C30H33FN4O3/c1-5-22-16-35(17-25-26(31)7-6-8-28(25)38-22)15-21-13-20(10-9-18(21)2)24(14-29(36)37)23-11-12-27-30(19(23)3)32-33-34(27)4/h6-13,22,24H,5,14-17H2,1-4H3,(H,36,37)/t22-,24?/m1/s1. The molecule has 1 aliphatic rings. The molecule has 0 spiro atoms. The molecule has 198 valence electrons. The maximum absolute atomic E-state index is 14.7. The molecule has 0 saturated heterocycles. The summed E-state index contributed by atoms with van der Waals surface area (Å²) < 4.78 is 22.6. The maximum Gasteiger partial charge on any atom is 0.304 e. The van der Waals surface area contributed by atoms with Crippen LogP contribution < -0.4 is 4.74 Å². The number of halogens is 1. The Morgan fingerprint density at radius 1 is 1.21 bits per heavy atom. The van der Waals surface area contributed by atoms with E-state index in [1.165, 1.54) is 6.07 Å². The molecule has 0 saturated carbocycles. The Kier molecular flexibility index (Phi) is 7.17. The molecule has 7 nitrogen and oxygen atoms in total. The average Bonchev–Trinajstić information content (AvgIpc) is 3.16. The second kappa shape index (κ2) is 10.5. The van der Waals surface area contributed by atoms with Crippen molar-refractivity contribution in [2.45, 2.75) is 58.7 Å². The number of fused-ring (bicyclic) bond motifs is 2. The molecule has 2 atom stereocenters. The highest BCUT2D eigenvalue weighted by Crippen LogP contribution is 2.35. The first-order chi connectivity index (χ1) is 18.2. The van der Waals surface area contributed by atoms with Crippen molar-refractivity contribution in [1.29, 1.82) is 0 Å². The van der Waals surface area contributed by atoms with Crippen molar-refractivity contribution in [1.82, 2.24) is 19.9 Å². The summed E-state index contributed by atoms with van der Waals surface area (Å²) in [7, 11) is 1.84. The van der Waals surface area contributed by atoms with E-state index in [0.29, 0.717) is 30.9 Å². The minimum Gasteiger partial charge on any atom is -0.489 e. The van der Waals surface area contributed by atoms with E-state index in [9.17, 15) is 14.3 Å². The molecule has 0 amide bonds. The summed E-state index contributed by atoms with van der Waals surface area (Å²) in [6.45, 7) is 7.84. The Morgan fingerprint density at radius 2 is 2.03 bits per heavy atom. The van der Waals surface area contributed by atoms with Crippen molar-refractivity contribution in [3.8, 4) is 5.75 Å². The molecule has 0 fully saturated rings. The molecule has 3 aromatic carbocycles. The fourth-order valence-electron chi connectivity index (χ4n) is 5.46. The van der Waals surface area contributed by atoms with E-state index in [-0.39, 0.29) is 24.3 Å². The van der Waals surface area contributed by atoms with Crippen LogP contribution in [0, 0.1) is 19.7 Å². The fourth-order valence-corrected chi connectivity index (χ4v) is 5.46. The van der Waals surface area contributed by atoms with Gasteiger partial charge in [-0.1, -0.05) is 42.5 Å². The molecule has 5 rings (SSSR count). The molecule has 0 aliphatic carbocycles. The number of nitrogens with zero attached hydrogens (tertiary/aromatic N) is 4. The SMILES string of the molecule is CC[C@@H]1CN(Cc2cc(C(CC(=O)O)c3ccc4c(nnn4C)c3C)ccc2C)Cc2c(F)cccc2O1. The second-order valence-electron chi connectivity index (χ2n) is 10.2. The van der Waals surface area contributed by atoms with Crippen LogP contribution in [-0.4, -0.2) is 43.6 Å². The Bertz CT molecular complexity index is 1500. The zero-order valence-electron chi connectivity index (χ0n) is 22.2. The van der Waals surface area contributed by atoms with Gasteiger partial charge < -0.3 is 9.84 Å². The highest BCUT2D eigenvalue weighted by Gasteiger charge is 2.26. The van der Waals surface area contributed by atoms with Crippen molar-refractivity contribution in [3.05, 3.63) is 87.7 Å². The number of carboxylic acid groups (broad SMARTS) is 1. The quantitative estimate of drug-likeness (QED) is 0.349. The van der Waals surface area contributed by atoms with Gasteiger partial charge in [-0.05, 0) is 66.3 Å². The lowest BCUT2D eigenvalue weighted by Gasteiger charge is -2.25.